The second-order valence-electron chi connectivity index (χ2n) is 8.24. The maximum absolute atomic E-state index is 11.6. The fourth-order valence-electron chi connectivity index (χ4n) is 3.87. The molecule has 0 unspecified atom stereocenters. The Morgan fingerprint density at radius 2 is 1.94 bits per heavy atom. The average Bonchev–Trinajstić information content (AvgIpc) is 2.78. The number of aromatic nitrogens is 2. The molecule has 1 atom stereocenters. The van der Waals surface area contributed by atoms with Crippen molar-refractivity contribution in [2.75, 3.05) is 7.11 Å². The van der Waals surface area contributed by atoms with Crippen LogP contribution in [0.2, 0.25) is 0 Å². The van der Waals surface area contributed by atoms with Crippen LogP contribution < -0.4 is 19.8 Å². The Bertz CT molecular complexity index is 1360. The Morgan fingerprint density at radius 3 is 2.78 bits per heavy atom. The van der Waals surface area contributed by atoms with Crippen molar-refractivity contribution >= 4 is 11.0 Å². The Labute approximate surface area is 184 Å². The van der Waals surface area contributed by atoms with E-state index in [-0.39, 0.29) is 11.7 Å². The minimum atomic E-state index is -0.628. The van der Waals surface area contributed by atoms with Crippen LogP contribution in [0, 0.1) is 0 Å². The van der Waals surface area contributed by atoms with Crippen LogP contribution in [0.15, 0.2) is 70.1 Å². The van der Waals surface area contributed by atoms with Gasteiger partial charge >= 0.3 is 5.63 Å². The average molecular weight is 430 g/mol. The van der Waals surface area contributed by atoms with Crippen LogP contribution in [-0.2, 0) is 6.42 Å². The molecule has 7 nitrogen and oxygen atoms in total. The molecule has 2 aromatic carbocycles. The van der Waals surface area contributed by atoms with Crippen LogP contribution in [0.5, 0.6) is 17.4 Å². The van der Waals surface area contributed by atoms with Crippen LogP contribution in [0.3, 0.4) is 0 Å². The number of rotatable bonds is 4. The molecule has 1 aliphatic rings. The Kier molecular flexibility index (Phi) is 4.81. The largest absolute Gasteiger partial charge is 0.497 e. The second kappa shape index (κ2) is 7.67. The molecular weight excluding hydrogens is 408 g/mol. The molecule has 0 saturated carbocycles. The molecule has 162 valence electrons. The van der Waals surface area contributed by atoms with Gasteiger partial charge in [-0.05, 0) is 43.7 Å². The highest BCUT2D eigenvalue weighted by atomic mass is 16.6. The number of methoxy groups -OCH3 is 1. The van der Waals surface area contributed by atoms with Gasteiger partial charge in [0.25, 0.3) is 0 Å². The fourth-order valence-corrected chi connectivity index (χ4v) is 3.87. The van der Waals surface area contributed by atoms with E-state index < -0.39 is 5.60 Å². The summed E-state index contributed by atoms with van der Waals surface area (Å²) in [5, 5.41) is 0.841. The van der Waals surface area contributed by atoms with Gasteiger partial charge in [0.1, 0.15) is 35.1 Å². The third kappa shape index (κ3) is 3.77. The van der Waals surface area contributed by atoms with Crippen molar-refractivity contribution in [1.82, 2.24) is 9.97 Å². The summed E-state index contributed by atoms with van der Waals surface area (Å²) in [5.74, 6) is 1.91. The van der Waals surface area contributed by atoms with Gasteiger partial charge in [-0.25, -0.2) is 14.8 Å². The first kappa shape index (κ1) is 20.1. The lowest BCUT2D eigenvalue weighted by Gasteiger charge is -2.39. The molecular formula is C25H22N2O5. The molecule has 0 amide bonds. The van der Waals surface area contributed by atoms with Gasteiger partial charge < -0.3 is 18.6 Å². The van der Waals surface area contributed by atoms with Gasteiger partial charge in [-0.1, -0.05) is 12.1 Å². The molecule has 5 rings (SSSR count). The van der Waals surface area contributed by atoms with E-state index in [0.717, 1.165) is 28.0 Å². The van der Waals surface area contributed by atoms with Gasteiger partial charge in [0.15, 0.2) is 0 Å². The third-order valence-corrected chi connectivity index (χ3v) is 5.63. The molecule has 2 aromatic heterocycles. The zero-order chi connectivity index (χ0) is 22.3. The summed E-state index contributed by atoms with van der Waals surface area (Å²) in [7, 11) is 1.63. The van der Waals surface area contributed by atoms with E-state index in [1.165, 1.54) is 12.4 Å². The summed E-state index contributed by atoms with van der Waals surface area (Å²) in [6.45, 7) is 3.94. The smallest absolute Gasteiger partial charge is 0.336 e. The fraction of sp³-hybridized carbons (Fsp3) is 0.240. The molecule has 0 radical (unpaired) electrons. The molecule has 7 heteroatoms. The van der Waals surface area contributed by atoms with E-state index in [1.807, 2.05) is 50.2 Å². The Morgan fingerprint density at radius 1 is 1.06 bits per heavy atom. The highest BCUT2D eigenvalue weighted by molar-refractivity contribution is 5.79. The SMILES string of the molecule is COc1cccc(-c2cc(O[C@H]3Cc4cc5ccc(=O)oc5cc4OC3(C)C)ncn2)c1. The Hall–Kier alpha value is -3.87. The predicted octanol–water partition coefficient (Wildman–Crippen LogP) is 4.42. The summed E-state index contributed by atoms with van der Waals surface area (Å²) in [6.07, 6.45) is 1.83. The van der Waals surface area contributed by atoms with Gasteiger partial charge in [0.2, 0.25) is 5.88 Å². The highest BCUT2D eigenvalue weighted by Gasteiger charge is 2.39. The van der Waals surface area contributed by atoms with Crippen molar-refractivity contribution in [3.63, 3.8) is 0 Å². The van der Waals surface area contributed by atoms with Crippen molar-refractivity contribution < 1.29 is 18.6 Å². The van der Waals surface area contributed by atoms with Gasteiger partial charge in [-0.2, -0.15) is 0 Å². The van der Waals surface area contributed by atoms with E-state index in [1.54, 1.807) is 19.2 Å². The predicted molar refractivity (Wildman–Crippen MR) is 119 cm³/mol. The van der Waals surface area contributed by atoms with Gasteiger partial charge in [-0.3, -0.25) is 0 Å². The minimum Gasteiger partial charge on any atom is -0.497 e. The van der Waals surface area contributed by atoms with Crippen LogP contribution in [0.4, 0.5) is 0 Å². The van der Waals surface area contributed by atoms with E-state index >= 15 is 0 Å². The van der Waals surface area contributed by atoms with Crippen LogP contribution in [0.1, 0.15) is 19.4 Å². The molecule has 3 heterocycles. The number of ether oxygens (including phenoxy) is 3. The van der Waals surface area contributed by atoms with Crippen LogP contribution >= 0.6 is 0 Å². The lowest BCUT2D eigenvalue weighted by molar-refractivity contribution is -0.0287. The maximum atomic E-state index is 11.6. The van der Waals surface area contributed by atoms with E-state index in [0.29, 0.717) is 23.6 Å². The summed E-state index contributed by atoms with van der Waals surface area (Å²) in [4.78, 5) is 20.2. The zero-order valence-electron chi connectivity index (χ0n) is 18.0. The number of fused-ring (bicyclic) bond motifs is 2. The summed E-state index contributed by atoms with van der Waals surface area (Å²) in [6, 6.07) is 16.4. The highest BCUT2D eigenvalue weighted by Crippen LogP contribution is 2.37. The van der Waals surface area contributed by atoms with Gasteiger partial charge in [0.05, 0.1) is 12.8 Å². The summed E-state index contributed by atoms with van der Waals surface area (Å²) in [5.41, 5.74) is 2.13. The first-order chi connectivity index (χ1) is 15.4. The standard InChI is InChI=1S/C25H22N2O5/c1-25(2)22(11-17-9-16-7-8-24(28)30-20(16)13-21(17)32-25)31-23-12-19(26-14-27-23)15-5-4-6-18(10-15)29-3/h4-10,12-14,22H,11H2,1-3H3/t22-/m0/s1. The summed E-state index contributed by atoms with van der Waals surface area (Å²) >= 11 is 0. The van der Waals surface area contributed by atoms with Crippen LogP contribution in [0.25, 0.3) is 22.2 Å². The first-order valence-electron chi connectivity index (χ1n) is 10.3. The van der Waals surface area contributed by atoms with Crippen molar-refractivity contribution in [1.29, 1.82) is 0 Å². The molecule has 0 bridgehead atoms. The monoisotopic (exact) mass is 430 g/mol. The topological polar surface area (TPSA) is 83.7 Å². The molecule has 0 aliphatic carbocycles. The second-order valence-corrected chi connectivity index (χ2v) is 8.24. The van der Waals surface area contributed by atoms with Crippen molar-refractivity contribution in [3.05, 3.63) is 76.9 Å². The normalized spacial score (nSPS) is 16.8. The zero-order valence-corrected chi connectivity index (χ0v) is 18.0. The molecule has 0 spiro atoms. The van der Waals surface area contributed by atoms with Gasteiger partial charge in [-0.15, -0.1) is 0 Å². The molecule has 0 fully saturated rings. The molecule has 32 heavy (non-hydrogen) atoms. The quantitative estimate of drug-likeness (QED) is 0.443. The van der Waals surface area contributed by atoms with Crippen molar-refractivity contribution in [2.45, 2.75) is 32.0 Å². The molecule has 4 aromatic rings. The lowest BCUT2D eigenvalue weighted by Crippen LogP contribution is -2.49. The van der Waals surface area contributed by atoms with Gasteiger partial charge in [0, 0.05) is 35.6 Å². The lowest BCUT2D eigenvalue weighted by atomic mass is 9.90. The third-order valence-electron chi connectivity index (χ3n) is 5.63. The van der Waals surface area contributed by atoms with Crippen molar-refractivity contribution in [3.8, 4) is 28.6 Å². The summed E-state index contributed by atoms with van der Waals surface area (Å²) < 4.78 is 23.2. The number of nitrogens with zero attached hydrogens (tertiary/aromatic N) is 2. The first-order valence-corrected chi connectivity index (χ1v) is 10.3. The van der Waals surface area contributed by atoms with Crippen molar-refractivity contribution in [2.24, 2.45) is 0 Å². The number of hydrogen-bond acceptors (Lipinski definition) is 7. The molecule has 0 N–H and O–H groups in total. The molecule has 1 aliphatic heterocycles. The number of hydrogen-bond donors (Lipinski definition) is 0. The maximum Gasteiger partial charge on any atom is 0.336 e. The Balaban J connectivity index is 1.44. The van der Waals surface area contributed by atoms with E-state index in [2.05, 4.69) is 9.97 Å². The van der Waals surface area contributed by atoms with Crippen LogP contribution in [-0.4, -0.2) is 28.8 Å². The molecule has 0 saturated heterocycles. The number of benzene rings is 2. The minimum absolute atomic E-state index is 0.281. The van der Waals surface area contributed by atoms with E-state index in [9.17, 15) is 4.79 Å². The van der Waals surface area contributed by atoms with E-state index in [4.69, 9.17) is 18.6 Å².